The third kappa shape index (κ3) is 12.1. The molecule has 0 saturated carbocycles. The van der Waals surface area contributed by atoms with Gasteiger partial charge in [-0.15, -0.1) is 6.58 Å². The molecule has 210 valence electrons. The Bertz CT molecular complexity index is 730. The molecule has 1 aromatic carbocycles. The zero-order valence-corrected chi connectivity index (χ0v) is 22.7. The molecule has 1 aliphatic heterocycles. The molecule has 5 atom stereocenters. The highest BCUT2D eigenvalue weighted by atomic mass is 16.7. The van der Waals surface area contributed by atoms with Gasteiger partial charge in [0.25, 0.3) is 0 Å². The molecule has 37 heavy (non-hydrogen) atoms. The van der Waals surface area contributed by atoms with Crippen LogP contribution in [0.15, 0.2) is 43.0 Å². The second-order valence-corrected chi connectivity index (χ2v) is 9.93. The van der Waals surface area contributed by atoms with E-state index in [4.69, 9.17) is 24.7 Å². The SMILES string of the molecule is C=CCO[C@H]1O[C@H](CO)[C@@H](OCc2ccccc2)[C@H](OC(=O)CCCCCCCCCCCCC)[C@H]1N. The smallest absolute Gasteiger partial charge is 0.306 e. The van der Waals surface area contributed by atoms with Crippen LogP contribution in [0.25, 0.3) is 0 Å². The topological polar surface area (TPSA) is 100 Å². The molecule has 0 aromatic heterocycles. The van der Waals surface area contributed by atoms with E-state index in [2.05, 4.69) is 13.5 Å². The number of ether oxygens (including phenoxy) is 4. The van der Waals surface area contributed by atoms with E-state index in [9.17, 15) is 9.90 Å². The van der Waals surface area contributed by atoms with Gasteiger partial charge in [-0.3, -0.25) is 4.79 Å². The molecule has 0 radical (unpaired) electrons. The zero-order chi connectivity index (χ0) is 26.7. The molecule has 0 aliphatic carbocycles. The minimum atomic E-state index is -0.841. The molecule has 0 unspecified atom stereocenters. The summed E-state index contributed by atoms with van der Waals surface area (Å²) in [4.78, 5) is 12.8. The van der Waals surface area contributed by atoms with Gasteiger partial charge in [-0.05, 0) is 12.0 Å². The van der Waals surface area contributed by atoms with Gasteiger partial charge in [-0.2, -0.15) is 0 Å². The third-order valence-electron chi connectivity index (χ3n) is 6.79. The van der Waals surface area contributed by atoms with Crippen LogP contribution in [0.3, 0.4) is 0 Å². The van der Waals surface area contributed by atoms with E-state index in [0.29, 0.717) is 6.42 Å². The minimum Gasteiger partial charge on any atom is -0.458 e. The van der Waals surface area contributed by atoms with Gasteiger partial charge in [-0.25, -0.2) is 0 Å². The van der Waals surface area contributed by atoms with E-state index < -0.39 is 30.6 Å². The van der Waals surface area contributed by atoms with Crippen LogP contribution in [0.5, 0.6) is 0 Å². The van der Waals surface area contributed by atoms with Crippen molar-refractivity contribution in [2.45, 2.75) is 121 Å². The number of aliphatic hydroxyl groups excluding tert-OH is 1. The Morgan fingerprint density at radius 3 is 2.19 bits per heavy atom. The largest absolute Gasteiger partial charge is 0.458 e. The second-order valence-electron chi connectivity index (χ2n) is 9.93. The summed E-state index contributed by atoms with van der Waals surface area (Å²) in [6, 6.07) is 8.91. The Morgan fingerprint density at radius 2 is 1.59 bits per heavy atom. The number of hydrogen-bond donors (Lipinski definition) is 2. The third-order valence-corrected chi connectivity index (χ3v) is 6.79. The minimum absolute atomic E-state index is 0.228. The number of benzene rings is 1. The van der Waals surface area contributed by atoms with Gasteiger partial charge in [0, 0.05) is 6.42 Å². The summed E-state index contributed by atoms with van der Waals surface area (Å²) in [7, 11) is 0. The number of aliphatic hydroxyl groups is 1. The summed E-state index contributed by atoms with van der Waals surface area (Å²) in [6.07, 6.45) is 12.2. The van der Waals surface area contributed by atoms with Gasteiger partial charge in [0.2, 0.25) is 0 Å². The first-order valence-electron chi connectivity index (χ1n) is 14.2. The van der Waals surface area contributed by atoms with Crippen molar-refractivity contribution in [1.29, 1.82) is 0 Å². The Kier molecular flexibility index (Phi) is 16.4. The molecule has 1 aromatic rings. The predicted octanol–water partition coefficient (Wildman–Crippen LogP) is 5.43. The molecule has 1 fully saturated rings. The number of esters is 1. The van der Waals surface area contributed by atoms with Crippen molar-refractivity contribution in [3.05, 3.63) is 48.6 Å². The van der Waals surface area contributed by atoms with Crippen molar-refractivity contribution in [3.8, 4) is 0 Å². The Morgan fingerprint density at radius 1 is 0.973 bits per heavy atom. The molecule has 2 rings (SSSR count). The molecule has 7 nitrogen and oxygen atoms in total. The lowest BCUT2D eigenvalue weighted by atomic mass is 9.97. The van der Waals surface area contributed by atoms with Crippen molar-refractivity contribution in [2.24, 2.45) is 5.73 Å². The lowest BCUT2D eigenvalue weighted by Gasteiger charge is -2.43. The normalized spacial score (nSPS) is 23.6. The second kappa shape index (κ2) is 19.3. The number of rotatable bonds is 20. The van der Waals surface area contributed by atoms with E-state index in [1.165, 1.54) is 51.4 Å². The number of carbonyl (C=O) groups is 1. The van der Waals surface area contributed by atoms with Crippen LogP contribution in [-0.2, 0) is 30.3 Å². The first kappa shape index (κ1) is 31.4. The lowest BCUT2D eigenvalue weighted by Crippen LogP contribution is -2.64. The van der Waals surface area contributed by atoms with Crippen LogP contribution in [0.4, 0.5) is 0 Å². The molecule has 0 amide bonds. The van der Waals surface area contributed by atoms with Crippen molar-refractivity contribution < 1.29 is 28.8 Å². The van der Waals surface area contributed by atoms with Crippen molar-refractivity contribution in [1.82, 2.24) is 0 Å². The number of unbranched alkanes of at least 4 members (excludes halogenated alkanes) is 10. The summed E-state index contributed by atoms with van der Waals surface area (Å²) in [5.74, 6) is -0.314. The summed E-state index contributed by atoms with van der Waals surface area (Å²) >= 11 is 0. The molecule has 0 spiro atoms. The molecule has 1 aliphatic rings. The summed E-state index contributed by atoms with van der Waals surface area (Å²) in [5, 5.41) is 9.99. The van der Waals surface area contributed by atoms with Crippen LogP contribution in [0, 0.1) is 0 Å². The highest BCUT2D eigenvalue weighted by molar-refractivity contribution is 5.69. The Balaban J connectivity index is 1.82. The van der Waals surface area contributed by atoms with Gasteiger partial charge in [0.1, 0.15) is 12.2 Å². The van der Waals surface area contributed by atoms with Gasteiger partial charge in [0.15, 0.2) is 12.4 Å². The molecule has 0 bridgehead atoms. The molecular weight excluding hydrogens is 470 g/mol. The zero-order valence-electron chi connectivity index (χ0n) is 22.7. The van der Waals surface area contributed by atoms with E-state index in [0.717, 1.165) is 24.8 Å². The van der Waals surface area contributed by atoms with Crippen LogP contribution in [-0.4, -0.2) is 54.9 Å². The fraction of sp³-hybridized carbons (Fsp3) is 0.700. The number of hydrogen-bond acceptors (Lipinski definition) is 7. The molecule has 1 heterocycles. The highest BCUT2D eigenvalue weighted by Crippen LogP contribution is 2.27. The quantitative estimate of drug-likeness (QED) is 0.135. The average Bonchev–Trinajstić information content (AvgIpc) is 2.92. The van der Waals surface area contributed by atoms with E-state index in [1.807, 2.05) is 30.3 Å². The van der Waals surface area contributed by atoms with Gasteiger partial charge >= 0.3 is 5.97 Å². The van der Waals surface area contributed by atoms with Crippen LogP contribution < -0.4 is 5.73 Å². The standard InChI is InChI=1S/C30H49NO6/c1-3-5-6-7-8-9-10-11-12-13-17-20-26(33)37-29-27(31)30(34-21-4-2)36-25(22-32)28(29)35-23-24-18-15-14-16-19-24/h4,14-16,18-19,25,27-30,32H,2-3,5-13,17,20-23,31H2,1H3/t25-,27-,28-,29-,30+/m1/s1. The van der Waals surface area contributed by atoms with Gasteiger partial charge in [0.05, 0.1) is 25.9 Å². The van der Waals surface area contributed by atoms with Crippen molar-refractivity contribution in [3.63, 3.8) is 0 Å². The first-order chi connectivity index (χ1) is 18.1. The lowest BCUT2D eigenvalue weighted by molar-refractivity contribution is -0.276. The predicted molar refractivity (Wildman–Crippen MR) is 146 cm³/mol. The molecule has 3 N–H and O–H groups in total. The van der Waals surface area contributed by atoms with E-state index >= 15 is 0 Å². The van der Waals surface area contributed by atoms with Gasteiger partial charge < -0.3 is 29.8 Å². The maximum Gasteiger partial charge on any atom is 0.306 e. The summed E-state index contributed by atoms with van der Waals surface area (Å²) in [5.41, 5.74) is 7.39. The van der Waals surface area contributed by atoms with Crippen LogP contribution >= 0.6 is 0 Å². The van der Waals surface area contributed by atoms with Crippen LogP contribution in [0.2, 0.25) is 0 Å². The molecule has 1 saturated heterocycles. The first-order valence-corrected chi connectivity index (χ1v) is 14.2. The monoisotopic (exact) mass is 519 g/mol. The Hall–Kier alpha value is -1.77. The van der Waals surface area contributed by atoms with Crippen molar-refractivity contribution in [2.75, 3.05) is 13.2 Å². The van der Waals surface area contributed by atoms with Crippen LogP contribution in [0.1, 0.15) is 89.5 Å². The van der Waals surface area contributed by atoms with Gasteiger partial charge in [-0.1, -0.05) is 108 Å². The number of carbonyl (C=O) groups excluding carboxylic acids is 1. The average molecular weight is 520 g/mol. The maximum absolute atomic E-state index is 12.8. The number of nitrogens with two attached hydrogens (primary N) is 1. The molecule has 7 heteroatoms. The molecular formula is C30H49NO6. The summed E-state index contributed by atoms with van der Waals surface area (Å²) < 4.78 is 23.5. The van der Waals surface area contributed by atoms with E-state index in [1.54, 1.807) is 6.08 Å². The fourth-order valence-corrected chi connectivity index (χ4v) is 4.64. The van der Waals surface area contributed by atoms with Crippen molar-refractivity contribution >= 4 is 5.97 Å². The fourth-order valence-electron chi connectivity index (χ4n) is 4.64. The van der Waals surface area contributed by atoms with E-state index in [-0.39, 0.29) is 25.8 Å². The highest BCUT2D eigenvalue weighted by Gasteiger charge is 2.47. The summed E-state index contributed by atoms with van der Waals surface area (Å²) in [6.45, 7) is 6.09. The maximum atomic E-state index is 12.8. The Labute approximate surface area is 223 Å².